The van der Waals surface area contributed by atoms with Crippen molar-refractivity contribution in [2.45, 2.75) is 33.1 Å². The van der Waals surface area contributed by atoms with Crippen LogP contribution in [0.2, 0.25) is 0 Å². The third-order valence-corrected chi connectivity index (χ3v) is 4.00. The fourth-order valence-corrected chi connectivity index (χ4v) is 3.16. The van der Waals surface area contributed by atoms with E-state index in [1.54, 1.807) is 6.92 Å². The van der Waals surface area contributed by atoms with E-state index in [2.05, 4.69) is 32.8 Å². The van der Waals surface area contributed by atoms with E-state index in [9.17, 15) is 9.59 Å². The van der Waals surface area contributed by atoms with Gasteiger partial charge < -0.3 is 4.74 Å². The van der Waals surface area contributed by atoms with Crippen molar-refractivity contribution < 1.29 is 14.3 Å². The van der Waals surface area contributed by atoms with Crippen LogP contribution in [0.15, 0.2) is 0 Å². The number of nitrogens with one attached hydrogen (secondary N) is 3. The number of aromatic nitrogens is 1. The largest absolute Gasteiger partial charge is 0.449 e. The van der Waals surface area contributed by atoms with Gasteiger partial charge in [0.05, 0.1) is 12.3 Å². The molecule has 0 unspecified atom stereocenters. The number of urea groups is 1. The van der Waals surface area contributed by atoms with Crippen molar-refractivity contribution in [3.05, 3.63) is 10.6 Å². The maximum atomic E-state index is 11.6. The van der Waals surface area contributed by atoms with Crippen molar-refractivity contribution in [2.75, 3.05) is 11.9 Å². The highest BCUT2D eigenvalue weighted by molar-refractivity contribution is 7.15. The number of ether oxygens (including phenoxy) is 1. The van der Waals surface area contributed by atoms with Crippen molar-refractivity contribution in [3.8, 4) is 0 Å². The molecule has 3 N–H and O–H groups in total. The van der Waals surface area contributed by atoms with E-state index >= 15 is 0 Å². The monoisotopic (exact) mass is 298 g/mol. The fraction of sp³-hybridized carbons (Fsp3) is 0.583. The molecule has 20 heavy (non-hydrogen) atoms. The molecule has 0 saturated heterocycles. The van der Waals surface area contributed by atoms with E-state index in [1.807, 2.05) is 0 Å². The normalized spacial score (nSPS) is 17.0. The quantitative estimate of drug-likeness (QED) is 0.729. The SMILES string of the molecule is CCOC(=O)NNC(=O)Nc1nc2c(s1)C[C@H](C)CC2. The number of fused-ring (bicyclic) bond motifs is 1. The number of carbonyl (C=O) groups excluding carboxylic acids is 2. The summed E-state index contributed by atoms with van der Waals surface area (Å²) in [6.07, 6.45) is 2.40. The van der Waals surface area contributed by atoms with Crippen LogP contribution in [0.3, 0.4) is 0 Å². The lowest BCUT2D eigenvalue weighted by Crippen LogP contribution is -2.44. The van der Waals surface area contributed by atoms with Gasteiger partial charge in [-0.15, -0.1) is 11.3 Å². The Morgan fingerprint density at radius 3 is 3.00 bits per heavy atom. The lowest BCUT2D eigenvalue weighted by Gasteiger charge is -2.15. The smallest absolute Gasteiger partial charge is 0.426 e. The minimum absolute atomic E-state index is 0.243. The van der Waals surface area contributed by atoms with Gasteiger partial charge in [-0.05, 0) is 32.1 Å². The number of carbonyl (C=O) groups is 2. The van der Waals surface area contributed by atoms with Crippen molar-refractivity contribution >= 4 is 28.6 Å². The molecule has 2 rings (SSSR count). The molecule has 0 radical (unpaired) electrons. The Morgan fingerprint density at radius 1 is 1.45 bits per heavy atom. The average Bonchev–Trinajstić information content (AvgIpc) is 2.78. The molecule has 1 aliphatic rings. The summed E-state index contributed by atoms with van der Waals surface area (Å²) in [5, 5.41) is 3.15. The first kappa shape index (κ1) is 14.6. The van der Waals surface area contributed by atoms with Gasteiger partial charge in [-0.2, -0.15) is 0 Å². The summed E-state index contributed by atoms with van der Waals surface area (Å²) in [4.78, 5) is 28.2. The van der Waals surface area contributed by atoms with Gasteiger partial charge in [0.1, 0.15) is 0 Å². The second-order valence-corrected chi connectivity index (χ2v) is 5.75. The number of hydrogen-bond acceptors (Lipinski definition) is 5. The summed E-state index contributed by atoms with van der Waals surface area (Å²) in [5.41, 5.74) is 5.39. The maximum Gasteiger partial charge on any atom is 0.426 e. The Hall–Kier alpha value is -1.83. The molecule has 0 aromatic carbocycles. The molecule has 110 valence electrons. The number of aryl methyl sites for hydroxylation is 1. The second-order valence-electron chi connectivity index (χ2n) is 4.66. The lowest BCUT2D eigenvalue weighted by molar-refractivity contribution is 0.148. The summed E-state index contributed by atoms with van der Waals surface area (Å²) in [6, 6.07) is -0.544. The average molecular weight is 298 g/mol. The van der Waals surface area contributed by atoms with Gasteiger partial charge in [-0.25, -0.2) is 25.4 Å². The van der Waals surface area contributed by atoms with Gasteiger partial charge in [0.25, 0.3) is 0 Å². The van der Waals surface area contributed by atoms with Crippen molar-refractivity contribution in [1.29, 1.82) is 0 Å². The van der Waals surface area contributed by atoms with Crippen LogP contribution in [-0.2, 0) is 17.6 Å². The van der Waals surface area contributed by atoms with Gasteiger partial charge >= 0.3 is 12.1 Å². The third-order valence-electron chi connectivity index (χ3n) is 2.96. The number of thiazole rings is 1. The Kier molecular flexibility index (Phi) is 4.78. The van der Waals surface area contributed by atoms with Crippen LogP contribution >= 0.6 is 11.3 Å². The molecule has 1 aromatic rings. The zero-order valence-corrected chi connectivity index (χ0v) is 12.3. The molecule has 1 aromatic heterocycles. The number of anilines is 1. The summed E-state index contributed by atoms with van der Waals surface area (Å²) in [6.45, 7) is 4.14. The number of amides is 3. The van der Waals surface area contributed by atoms with Gasteiger partial charge in [-0.3, -0.25) is 5.32 Å². The van der Waals surface area contributed by atoms with Crippen LogP contribution in [-0.4, -0.2) is 23.7 Å². The molecule has 0 bridgehead atoms. The molecule has 1 heterocycles. The highest BCUT2D eigenvalue weighted by atomic mass is 32.1. The first-order valence-electron chi connectivity index (χ1n) is 6.56. The molecule has 1 aliphatic carbocycles. The Labute approximate surface area is 121 Å². The van der Waals surface area contributed by atoms with Crippen LogP contribution in [0.1, 0.15) is 30.8 Å². The molecular weight excluding hydrogens is 280 g/mol. The van der Waals surface area contributed by atoms with Gasteiger partial charge in [-0.1, -0.05) is 6.92 Å². The Morgan fingerprint density at radius 2 is 2.25 bits per heavy atom. The van der Waals surface area contributed by atoms with Gasteiger partial charge in [0.15, 0.2) is 5.13 Å². The van der Waals surface area contributed by atoms with E-state index in [0.29, 0.717) is 11.0 Å². The molecule has 0 saturated carbocycles. The van der Waals surface area contributed by atoms with Crippen LogP contribution in [0.5, 0.6) is 0 Å². The van der Waals surface area contributed by atoms with E-state index < -0.39 is 12.1 Å². The van der Waals surface area contributed by atoms with E-state index in [1.165, 1.54) is 16.2 Å². The minimum atomic E-state index is -0.699. The third kappa shape index (κ3) is 3.83. The fourth-order valence-electron chi connectivity index (χ4n) is 2.00. The molecule has 1 atom stereocenters. The van der Waals surface area contributed by atoms with Crippen LogP contribution in [0.25, 0.3) is 0 Å². The molecule has 3 amide bonds. The topological polar surface area (TPSA) is 92.4 Å². The molecule has 0 spiro atoms. The highest BCUT2D eigenvalue weighted by Crippen LogP contribution is 2.31. The standard InChI is InChI=1S/C12H18N4O3S/c1-3-19-12(18)16-15-10(17)14-11-13-8-5-4-7(2)6-9(8)20-11/h7H,3-6H2,1-2H3,(H,16,18)(H2,13,14,15,17)/t7-/m1/s1. The van der Waals surface area contributed by atoms with Crippen LogP contribution < -0.4 is 16.2 Å². The molecule has 7 nitrogen and oxygen atoms in total. The Balaban J connectivity index is 1.84. The van der Waals surface area contributed by atoms with Gasteiger partial charge in [0.2, 0.25) is 0 Å². The number of rotatable bonds is 2. The first-order chi connectivity index (χ1) is 9.58. The second kappa shape index (κ2) is 6.56. The van der Waals surface area contributed by atoms with Crippen molar-refractivity contribution in [3.63, 3.8) is 0 Å². The van der Waals surface area contributed by atoms with Crippen LogP contribution in [0, 0.1) is 5.92 Å². The zero-order valence-electron chi connectivity index (χ0n) is 11.5. The number of nitrogens with zero attached hydrogens (tertiary/aromatic N) is 1. The maximum absolute atomic E-state index is 11.6. The number of hydrazine groups is 1. The lowest BCUT2D eigenvalue weighted by atomic mass is 9.93. The molecular formula is C12H18N4O3S. The summed E-state index contributed by atoms with van der Waals surface area (Å²) < 4.78 is 4.61. The van der Waals surface area contributed by atoms with Crippen molar-refractivity contribution in [2.24, 2.45) is 5.92 Å². The van der Waals surface area contributed by atoms with Gasteiger partial charge in [0, 0.05) is 4.88 Å². The summed E-state index contributed by atoms with van der Waals surface area (Å²) >= 11 is 1.48. The number of hydrogen-bond donors (Lipinski definition) is 3. The summed E-state index contributed by atoms with van der Waals surface area (Å²) in [7, 11) is 0. The highest BCUT2D eigenvalue weighted by Gasteiger charge is 2.20. The van der Waals surface area contributed by atoms with E-state index in [-0.39, 0.29) is 6.61 Å². The van der Waals surface area contributed by atoms with Crippen LogP contribution in [0.4, 0.5) is 14.7 Å². The first-order valence-corrected chi connectivity index (χ1v) is 7.38. The summed E-state index contributed by atoms with van der Waals surface area (Å²) in [5.74, 6) is 0.662. The molecule has 8 heteroatoms. The zero-order chi connectivity index (χ0) is 14.5. The Bertz CT molecular complexity index is 503. The molecule has 0 fully saturated rings. The minimum Gasteiger partial charge on any atom is -0.449 e. The van der Waals surface area contributed by atoms with Crippen molar-refractivity contribution in [1.82, 2.24) is 15.8 Å². The predicted octanol–water partition coefficient (Wildman–Crippen LogP) is 2.05. The predicted molar refractivity (Wildman–Crippen MR) is 75.6 cm³/mol. The molecule has 0 aliphatic heterocycles. The van der Waals surface area contributed by atoms with E-state index in [4.69, 9.17) is 0 Å². The van der Waals surface area contributed by atoms with E-state index in [0.717, 1.165) is 25.0 Å².